The Labute approximate surface area is 189 Å². The van der Waals surface area contributed by atoms with Crippen LogP contribution in [0.4, 0.5) is 10.5 Å². The van der Waals surface area contributed by atoms with E-state index in [0.29, 0.717) is 23.7 Å². The molecule has 0 spiro atoms. The molecule has 2 aromatic rings. The molecule has 2 N–H and O–H groups in total. The van der Waals surface area contributed by atoms with E-state index in [1.807, 2.05) is 31.2 Å². The van der Waals surface area contributed by atoms with Gasteiger partial charge in [-0.25, -0.2) is 4.79 Å². The quantitative estimate of drug-likeness (QED) is 0.649. The lowest BCUT2D eigenvalue weighted by molar-refractivity contribution is -0.126. The maximum atomic E-state index is 13.2. The maximum Gasteiger partial charge on any atom is 0.411 e. The van der Waals surface area contributed by atoms with Crippen molar-refractivity contribution in [2.45, 2.75) is 52.8 Å². The summed E-state index contributed by atoms with van der Waals surface area (Å²) in [6, 6.07) is 14.1. The third-order valence-corrected chi connectivity index (χ3v) is 5.41. The van der Waals surface area contributed by atoms with Crippen LogP contribution in [0.3, 0.4) is 0 Å². The maximum absolute atomic E-state index is 13.2. The Morgan fingerprint density at radius 3 is 2.31 bits per heavy atom. The summed E-state index contributed by atoms with van der Waals surface area (Å²) >= 11 is 0. The normalized spacial score (nSPS) is 17.9. The van der Waals surface area contributed by atoms with Crippen LogP contribution in [-0.2, 0) is 20.9 Å². The molecule has 0 unspecified atom stereocenters. The van der Waals surface area contributed by atoms with Gasteiger partial charge < -0.3 is 15.4 Å². The lowest BCUT2D eigenvalue weighted by Crippen LogP contribution is -2.46. The summed E-state index contributed by atoms with van der Waals surface area (Å²) in [6.07, 6.45) is -0.412. The first-order valence-corrected chi connectivity index (χ1v) is 10.9. The van der Waals surface area contributed by atoms with Gasteiger partial charge in [0.25, 0.3) is 0 Å². The van der Waals surface area contributed by atoms with Crippen LogP contribution in [0.2, 0.25) is 0 Å². The highest BCUT2D eigenvalue weighted by molar-refractivity contribution is 5.90. The number of nitrogens with zero attached hydrogens (tertiary/aromatic N) is 1. The van der Waals surface area contributed by atoms with Gasteiger partial charge in [-0.15, -0.1) is 0 Å². The number of carbonyl (C=O) groups excluding carboxylic acids is 3. The number of cyclic esters (lactones) is 1. The van der Waals surface area contributed by atoms with E-state index in [1.165, 1.54) is 11.8 Å². The fraction of sp³-hybridized carbons (Fsp3) is 0.400. The molecule has 0 radical (unpaired) electrons. The topological polar surface area (TPSA) is 87.7 Å². The first kappa shape index (κ1) is 23.3. The van der Waals surface area contributed by atoms with Crippen LogP contribution in [-0.4, -0.2) is 35.4 Å². The number of carbonyl (C=O) groups is 3. The molecule has 7 heteroatoms. The molecule has 170 valence electrons. The molecule has 7 nitrogen and oxygen atoms in total. The standard InChI is InChI=1S/C25H31N3O4/c1-16(2)13-14-26-24(30)22-23(20-9-11-21(12-10-20)27-18(4)29)32-25(31)28(22)15-19-7-5-17(3)6-8-19/h5-12,16,22-23H,13-15H2,1-4H3,(H,26,30)(H,27,29)/t22-,23+/m1/s1. The number of anilines is 1. The number of hydrogen-bond acceptors (Lipinski definition) is 4. The van der Waals surface area contributed by atoms with Crippen molar-refractivity contribution in [1.82, 2.24) is 10.2 Å². The molecule has 0 aromatic heterocycles. The average Bonchev–Trinajstić information content (AvgIpc) is 3.05. The van der Waals surface area contributed by atoms with Gasteiger partial charge >= 0.3 is 6.09 Å². The second-order valence-corrected chi connectivity index (χ2v) is 8.64. The first-order valence-electron chi connectivity index (χ1n) is 10.9. The van der Waals surface area contributed by atoms with Crippen molar-refractivity contribution < 1.29 is 19.1 Å². The van der Waals surface area contributed by atoms with E-state index in [-0.39, 0.29) is 18.4 Å². The van der Waals surface area contributed by atoms with E-state index in [0.717, 1.165) is 17.5 Å². The van der Waals surface area contributed by atoms with Gasteiger partial charge in [0.15, 0.2) is 12.1 Å². The van der Waals surface area contributed by atoms with Crippen molar-refractivity contribution >= 4 is 23.6 Å². The molecular formula is C25H31N3O4. The van der Waals surface area contributed by atoms with E-state index >= 15 is 0 Å². The summed E-state index contributed by atoms with van der Waals surface area (Å²) in [5, 5.41) is 5.68. The van der Waals surface area contributed by atoms with Crippen molar-refractivity contribution in [3.63, 3.8) is 0 Å². The SMILES string of the molecule is CC(=O)Nc1ccc([C@@H]2OC(=O)N(Cc3ccc(C)cc3)[C@H]2C(=O)NCCC(C)C)cc1. The molecule has 0 saturated carbocycles. The predicted molar refractivity (Wildman–Crippen MR) is 123 cm³/mol. The van der Waals surface area contributed by atoms with Crippen LogP contribution in [0.1, 0.15) is 50.0 Å². The molecule has 2 atom stereocenters. The molecule has 3 amide bonds. The summed E-state index contributed by atoms with van der Waals surface area (Å²) in [4.78, 5) is 38.8. The summed E-state index contributed by atoms with van der Waals surface area (Å²) in [5.74, 6) is 0.0498. The van der Waals surface area contributed by atoms with Crippen LogP contribution in [0.15, 0.2) is 48.5 Å². The van der Waals surface area contributed by atoms with Gasteiger partial charge in [0.2, 0.25) is 11.8 Å². The molecular weight excluding hydrogens is 406 g/mol. The van der Waals surface area contributed by atoms with Crippen LogP contribution in [0, 0.1) is 12.8 Å². The van der Waals surface area contributed by atoms with Crippen molar-refractivity contribution in [3.8, 4) is 0 Å². The van der Waals surface area contributed by atoms with Crippen LogP contribution < -0.4 is 10.6 Å². The zero-order chi connectivity index (χ0) is 23.3. The second-order valence-electron chi connectivity index (χ2n) is 8.64. The lowest BCUT2D eigenvalue weighted by atomic mass is 10.00. The summed E-state index contributed by atoms with van der Waals surface area (Å²) in [7, 11) is 0. The van der Waals surface area contributed by atoms with Crippen LogP contribution in [0.25, 0.3) is 0 Å². The Bertz CT molecular complexity index is 954. The molecule has 0 bridgehead atoms. The number of benzene rings is 2. The molecule has 1 aliphatic heterocycles. The third kappa shape index (κ3) is 5.87. The summed E-state index contributed by atoms with van der Waals surface area (Å²) < 4.78 is 5.68. The minimum absolute atomic E-state index is 0.170. The van der Waals surface area contributed by atoms with Gasteiger partial charge in [-0.2, -0.15) is 0 Å². The predicted octanol–water partition coefficient (Wildman–Crippen LogP) is 4.18. The van der Waals surface area contributed by atoms with E-state index in [2.05, 4.69) is 24.5 Å². The van der Waals surface area contributed by atoms with Crippen molar-refractivity contribution in [1.29, 1.82) is 0 Å². The van der Waals surface area contributed by atoms with E-state index in [1.54, 1.807) is 24.3 Å². The molecule has 0 aliphatic carbocycles. The number of ether oxygens (including phenoxy) is 1. The number of nitrogens with one attached hydrogen (secondary N) is 2. The molecule has 3 rings (SSSR count). The Hall–Kier alpha value is -3.35. The van der Waals surface area contributed by atoms with Crippen molar-refractivity contribution in [2.75, 3.05) is 11.9 Å². The minimum Gasteiger partial charge on any atom is -0.438 e. The fourth-order valence-corrected chi connectivity index (χ4v) is 3.65. The Balaban J connectivity index is 1.85. The fourth-order valence-electron chi connectivity index (χ4n) is 3.65. The number of hydrogen-bond donors (Lipinski definition) is 2. The van der Waals surface area contributed by atoms with Crippen LogP contribution in [0.5, 0.6) is 0 Å². The highest BCUT2D eigenvalue weighted by Gasteiger charge is 2.46. The molecule has 1 saturated heterocycles. The Morgan fingerprint density at radius 1 is 1.06 bits per heavy atom. The Kier molecular flexibility index (Phi) is 7.51. The third-order valence-electron chi connectivity index (χ3n) is 5.41. The molecule has 1 fully saturated rings. The number of amides is 3. The summed E-state index contributed by atoms with van der Waals surface area (Å²) in [6.45, 7) is 8.44. The largest absolute Gasteiger partial charge is 0.438 e. The van der Waals surface area contributed by atoms with Gasteiger partial charge in [0.1, 0.15) is 0 Å². The van der Waals surface area contributed by atoms with Gasteiger partial charge in [0, 0.05) is 19.2 Å². The smallest absolute Gasteiger partial charge is 0.411 e. The lowest BCUT2D eigenvalue weighted by Gasteiger charge is -2.24. The number of aryl methyl sites for hydroxylation is 1. The minimum atomic E-state index is -0.789. The average molecular weight is 438 g/mol. The van der Waals surface area contributed by atoms with Crippen LogP contribution >= 0.6 is 0 Å². The van der Waals surface area contributed by atoms with Gasteiger partial charge in [-0.05, 0) is 42.5 Å². The first-order chi connectivity index (χ1) is 15.2. The number of rotatable bonds is 8. The van der Waals surface area contributed by atoms with Crippen molar-refractivity contribution in [2.24, 2.45) is 5.92 Å². The highest BCUT2D eigenvalue weighted by Crippen LogP contribution is 2.34. The van der Waals surface area contributed by atoms with E-state index < -0.39 is 18.2 Å². The van der Waals surface area contributed by atoms with Gasteiger partial charge in [-0.3, -0.25) is 14.5 Å². The highest BCUT2D eigenvalue weighted by atomic mass is 16.6. The summed E-state index contributed by atoms with van der Waals surface area (Å²) in [5.41, 5.74) is 3.38. The van der Waals surface area contributed by atoms with Gasteiger partial charge in [-0.1, -0.05) is 55.8 Å². The second kappa shape index (κ2) is 10.3. The Morgan fingerprint density at radius 2 is 1.72 bits per heavy atom. The monoisotopic (exact) mass is 437 g/mol. The molecule has 32 heavy (non-hydrogen) atoms. The molecule has 2 aromatic carbocycles. The van der Waals surface area contributed by atoms with E-state index in [4.69, 9.17) is 4.74 Å². The zero-order valence-corrected chi connectivity index (χ0v) is 19.1. The molecule has 1 aliphatic rings. The van der Waals surface area contributed by atoms with Gasteiger partial charge in [0.05, 0.1) is 6.54 Å². The van der Waals surface area contributed by atoms with Crippen molar-refractivity contribution in [3.05, 3.63) is 65.2 Å². The molecule has 1 heterocycles. The van der Waals surface area contributed by atoms with E-state index in [9.17, 15) is 14.4 Å². The zero-order valence-electron chi connectivity index (χ0n) is 19.1.